The molecule has 0 aliphatic carbocycles. The number of phenolic OH excluding ortho intramolecular Hbond substituents is 1. The number of alkyl halides is 7. The Morgan fingerprint density at radius 2 is 1.75 bits per heavy atom. The number of hydrogen-bond donors (Lipinski definition) is 1. The van der Waals surface area contributed by atoms with Crippen LogP contribution in [0.25, 0.3) is 0 Å². The van der Waals surface area contributed by atoms with Crippen molar-refractivity contribution in [3.8, 4) is 11.5 Å². The van der Waals surface area contributed by atoms with E-state index in [1.807, 2.05) is 0 Å². The van der Waals surface area contributed by atoms with Crippen LogP contribution in [-0.4, -0.2) is 30.3 Å². The Kier molecular flexibility index (Phi) is 6.58. The van der Waals surface area contributed by atoms with Crippen molar-refractivity contribution >= 4 is 27.8 Å². The molecule has 3 nitrogen and oxygen atoms in total. The summed E-state index contributed by atoms with van der Waals surface area (Å²) in [5.74, 6) is -5.80. The summed E-state index contributed by atoms with van der Waals surface area (Å²) in [6.07, 6.45) is -7.98. The molecule has 11 heteroatoms. The topological polar surface area (TPSA) is 41.8 Å². The van der Waals surface area contributed by atoms with Gasteiger partial charge >= 0.3 is 18.5 Å². The molecule has 2 rings (SSSR count). The third-order valence-corrected chi connectivity index (χ3v) is 3.84. The largest absolute Gasteiger partial charge is 0.507 e. The molecule has 0 atom stereocenters. The zero-order valence-corrected chi connectivity index (χ0v) is 15.2. The second kappa shape index (κ2) is 8.38. The highest BCUT2D eigenvalue weighted by molar-refractivity contribution is 9.10. The first-order chi connectivity index (χ1) is 12.9. The number of aromatic hydroxyl groups is 1. The monoisotopic (exact) mass is 473 g/mol. The highest BCUT2D eigenvalue weighted by atomic mass is 79.9. The molecule has 2 aromatic rings. The number of aliphatic imine (C=N–C) groups is 1. The van der Waals surface area contributed by atoms with E-state index in [-0.39, 0.29) is 17.0 Å². The highest BCUT2D eigenvalue weighted by Gasteiger charge is 2.43. The Labute approximate surface area is 162 Å². The summed E-state index contributed by atoms with van der Waals surface area (Å²) < 4.78 is 94.5. The molecule has 1 N–H and O–H groups in total. The van der Waals surface area contributed by atoms with Crippen LogP contribution in [0.15, 0.2) is 45.9 Å². The number of hydrogen-bond acceptors (Lipinski definition) is 3. The molecule has 0 unspecified atom stereocenters. The van der Waals surface area contributed by atoms with Crippen molar-refractivity contribution in [2.45, 2.75) is 18.5 Å². The maximum atomic E-state index is 13.2. The lowest BCUT2D eigenvalue weighted by molar-refractivity contribution is -0.153. The molecule has 28 heavy (non-hydrogen) atoms. The van der Waals surface area contributed by atoms with Crippen LogP contribution in [0.5, 0.6) is 11.5 Å². The van der Waals surface area contributed by atoms with Gasteiger partial charge in [-0.15, -0.1) is 0 Å². The van der Waals surface area contributed by atoms with E-state index in [2.05, 4.69) is 25.7 Å². The van der Waals surface area contributed by atoms with Crippen LogP contribution < -0.4 is 4.74 Å². The average Bonchev–Trinajstić information content (AvgIpc) is 2.60. The van der Waals surface area contributed by atoms with E-state index in [1.54, 1.807) is 0 Å². The van der Waals surface area contributed by atoms with Crippen LogP contribution >= 0.6 is 15.9 Å². The molecule has 0 amide bonds. The molecule has 152 valence electrons. The highest BCUT2D eigenvalue weighted by Crippen LogP contribution is 2.39. The smallest absolute Gasteiger partial charge is 0.420 e. The first-order valence-corrected chi connectivity index (χ1v) is 8.22. The van der Waals surface area contributed by atoms with Crippen molar-refractivity contribution in [2.75, 3.05) is 6.61 Å². The quantitative estimate of drug-likeness (QED) is 0.400. The fourth-order valence-electron chi connectivity index (χ4n) is 1.96. The van der Waals surface area contributed by atoms with Gasteiger partial charge in [0.25, 0.3) is 0 Å². The van der Waals surface area contributed by atoms with Gasteiger partial charge in [0.2, 0.25) is 0 Å². The predicted octanol–water partition coefficient (Wildman–Crippen LogP) is 6.20. The first-order valence-electron chi connectivity index (χ1n) is 7.43. The molecular weight excluding hydrogens is 463 g/mol. The van der Waals surface area contributed by atoms with Crippen molar-refractivity contribution in [3.05, 3.63) is 52.0 Å². The molecule has 0 aromatic heterocycles. The molecule has 0 aliphatic heterocycles. The molecule has 0 heterocycles. The van der Waals surface area contributed by atoms with E-state index in [4.69, 9.17) is 0 Å². The molecule has 0 saturated carbocycles. The minimum absolute atomic E-state index is 0.169. The summed E-state index contributed by atoms with van der Waals surface area (Å²) in [5, 5.41) is 9.69. The summed E-state index contributed by atoms with van der Waals surface area (Å²) in [7, 11) is 0. The summed E-state index contributed by atoms with van der Waals surface area (Å²) in [6.45, 7) is -1.91. The fraction of sp³-hybridized carbons (Fsp3) is 0.235. The van der Waals surface area contributed by atoms with Crippen LogP contribution in [0, 0.1) is 0 Å². The van der Waals surface area contributed by atoms with Crippen molar-refractivity contribution in [1.29, 1.82) is 0 Å². The van der Waals surface area contributed by atoms with E-state index >= 15 is 0 Å². The van der Waals surface area contributed by atoms with Gasteiger partial charge in [-0.3, -0.25) is 4.99 Å². The van der Waals surface area contributed by atoms with E-state index in [1.165, 1.54) is 18.2 Å². The van der Waals surface area contributed by atoms with Gasteiger partial charge in [0.15, 0.2) is 6.61 Å². The third kappa shape index (κ3) is 5.60. The van der Waals surface area contributed by atoms with Crippen molar-refractivity contribution in [3.63, 3.8) is 0 Å². The van der Waals surface area contributed by atoms with Crippen molar-refractivity contribution < 1.29 is 40.6 Å². The van der Waals surface area contributed by atoms with Gasteiger partial charge in [-0.25, -0.2) is 8.78 Å². The van der Waals surface area contributed by atoms with E-state index in [0.29, 0.717) is 16.6 Å². The van der Waals surface area contributed by atoms with Gasteiger partial charge in [-0.2, -0.15) is 22.0 Å². The van der Waals surface area contributed by atoms with Crippen molar-refractivity contribution in [2.24, 2.45) is 4.99 Å². The summed E-state index contributed by atoms with van der Waals surface area (Å²) >= 11 is 3.16. The molecule has 0 bridgehead atoms. The minimum atomic E-state index is -5.00. The van der Waals surface area contributed by atoms with Gasteiger partial charge in [0.05, 0.1) is 11.3 Å². The molecular formula is C17H11BrF7NO2. The SMILES string of the molecule is Oc1ccc(Br)cc1C=Nc1ccc(OCC(F)(F)C(F)F)c(C(F)(F)F)c1. The number of ether oxygens (including phenoxy) is 1. The lowest BCUT2D eigenvalue weighted by Gasteiger charge is -2.19. The Morgan fingerprint density at radius 3 is 2.36 bits per heavy atom. The second-order valence-corrected chi connectivity index (χ2v) is 6.41. The summed E-state index contributed by atoms with van der Waals surface area (Å²) in [5.41, 5.74) is -1.47. The normalized spacial score (nSPS) is 12.8. The number of nitrogens with zero attached hydrogens (tertiary/aromatic N) is 1. The van der Waals surface area contributed by atoms with Gasteiger partial charge in [0, 0.05) is 16.3 Å². The van der Waals surface area contributed by atoms with E-state index in [0.717, 1.165) is 12.3 Å². The van der Waals surface area contributed by atoms with Crippen LogP contribution in [0.4, 0.5) is 36.4 Å². The standard InChI is InChI=1S/C17H11BrF7NO2/c18-10-1-3-13(27)9(5-10)7-26-11-2-4-14(12(6-11)17(23,24)25)28-8-16(21,22)15(19)20/h1-7,15,27H,8H2. The fourth-order valence-corrected chi connectivity index (χ4v) is 2.33. The third-order valence-electron chi connectivity index (χ3n) is 3.35. The van der Waals surface area contributed by atoms with Crippen molar-refractivity contribution in [1.82, 2.24) is 0 Å². The Hall–Kier alpha value is -2.30. The zero-order chi connectivity index (χ0) is 21.1. The molecule has 0 saturated heterocycles. The van der Waals surface area contributed by atoms with Gasteiger partial charge in [0.1, 0.15) is 11.5 Å². The summed E-state index contributed by atoms with van der Waals surface area (Å²) in [4.78, 5) is 3.80. The molecule has 0 fully saturated rings. The summed E-state index contributed by atoms with van der Waals surface area (Å²) in [6, 6.07) is 6.59. The van der Waals surface area contributed by atoms with Crippen LogP contribution in [0.2, 0.25) is 0 Å². The predicted molar refractivity (Wildman–Crippen MR) is 91.0 cm³/mol. The number of benzene rings is 2. The lowest BCUT2D eigenvalue weighted by atomic mass is 10.1. The molecule has 0 radical (unpaired) electrons. The van der Waals surface area contributed by atoms with Gasteiger partial charge in [-0.05, 0) is 36.4 Å². The van der Waals surface area contributed by atoms with Gasteiger partial charge in [-0.1, -0.05) is 15.9 Å². The van der Waals surface area contributed by atoms with Crippen LogP contribution in [-0.2, 0) is 6.18 Å². The number of rotatable bonds is 6. The maximum absolute atomic E-state index is 13.2. The number of phenols is 1. The average molecular weight is 474 g/mol. The molecule has 0 aliphatic rings. The number of halogens is 8. The Morgan fingerprint density at radius 1 is 1.07 bits per heavy atom. The molecule has 0 spiro atoms. The van der Waals surface area contributed by atoms with E-state index < -0.39 is 36.4 Å². The second-order valence-electron chi connectivity index (χ2n) is 5.49. The Bertz CT molecular complexity index is 869. The minimum Gasteiger partial charge on any atom is -0.507 e. The maximum Gasteiger partial charge on any atom is 0.420 e. The van der Waals surface area contributed by atoms with Crippen LogP contribution in [0.1, 0.15) is 11.1 Å². The van der Waals surface area contributed by atoms with Gasteiger partial charge < -0.3 is 9.84 Å². The lowest BCUT2D eigenvalue weighted by Crippen LogP contribution is -2.34. The Balaban J connectivity index is 2.31. The zero-order valence-electron chi connectivity index (χ0n) is 13.7. The molecule has 2 aromatic carbocycles. The van der Waals surface area contributed by atoms with E-state index in [9.17, 15) is 35.8 Å². The first kappa shape index (κ1) is 22.0. The van der Waals surface area contributed by atoms with Crippen LogP contribution in [0.3, 0.4) is 0 Å².